The van der Waals surface area contributed by atoms with Crippen LogP contribution in [-0.4, -0.2) is 33.4 Å². The summed E-state index contributed by atoms with van der Waals surface area (Å²) in [6, 6.07) is 19.0. The van der Waals surface area contributed by atoms with Gasteiger partial charge in [0.25, 0.3) is 0 Å². The number of hydrogen-bond donors (Lipinski definition) is 1. The number of amides is 1. The van der Waals surface area contributed by atoms with Gasteiger partial charge < -0.3 is 0 Å². The van der Waals surface area contributed by atoms with Gasteiger partial charge >= 0.3 is 142 Å². The average Bonchev–Trinajstić information content (AvgIpc) is 2.59. The van der Waals surface area contributed by atoms with Crippen LogP contribution in [0.1, 0.15) is 12.5 Å². The molecule has 120 valence electrons. The molecule has 0 aliphatic rings. The van der Waals surface area contributed by atoms with Crippen LogP contribution in [0.5, 0.6) is 0 Å². The minimum atomic E-state index is -0.503. The predicted octanol–water partition coefficient (Wildman–Crippen LogP) is 2.32. The Bertz CT molecular complexity index is 619. The molecule has 23 heavy (non-hydrogen) atoms. The van der Waals surface area contributed by atoms with Gasteiger partial charge in [-0.25, -0.2) is 0 Å². The maximum absolute atomic E-state index is 11.9. The van der Waals surface area contributed by atoms with Gasteiger partial charge in [0, 0.05) is 0 Å². The molecule has 2 aromatic rings. The molecule has 0 saturated heterocycles. The summed E-state index contributed by atoms with van der Waals surface area (Å²) in [5.74, 6) is 0. The molecule has 1 unspecified atom stereocenters. The standard InChI is InChI=1S/C18H19NO3Se/c1-14(17(12-20)23-16-10-6-3-7-11-16)19-18(21)22-13-15-8-4-2-5-9-15/h2-12,14,17H,13H2,1H3,(H,19,21)/t14-,17?/m0/s1. The maximum atomic E-state index is 11.9. The van der Waals surface area contributed by atoms with Crippen molar-refractivity contribution in [3.63, 3.8) is 0 Å². The summed E-state index contributed by atoms with van der Waals surface area (Å²) < 4.78 is 6.31. The first-order valence-corrected chi connectivity index (χ1v) is 9.18. The Labute approximate surface area is 142 Å². The Morgan fingerprint density at radius 3 is 2.35 bits per heavy atom. The Kier molecular flexibility index (Phi) is 6.85. The van der Waals surface area contributed by atoms with Crippen molar-refractivity contribution in [2.75, 3.05) is 0 Å². The molecule has 2 rings (SSSR count). The molecular weight excluding hydrogens is 357 g/mol. The zero-order valence-corrected chi connectivity index (χ0v) is 14.6. The van der Waals surface area contributed by atoms with E-state index in [1.165, 1.54) is 0 Å². The van der Waals surface area contributed by atoms with Crippen LogP contribution in [-0.2, 0) is 16.1 Å². The summed E-state index contributed by atoms with van der Waals surface area (Å²) in [6.07, 6.45) is 0.409. The molecule has 0 aromatic heterocycles. The molecule has 5 heteroatoms. The molecule has 1 amide bonds. The Balaban J connectivity index is 1.82. The van der Waals surface area contributed by atoms with Gasteiger partial charge in [-0.15, -0.1) is 0 Å². The van der Waals surface area contributed by atoms with Gasteiger partial charge in [-0.2, -0.15) is 0 Å². The Morgan fingerprint density at radius 1 is 1.13 bits per heavy atom. The van der Waals surface area contributed by atoms with E-state index in [-0.39, 0.29) is 32.4 Å². The Hall–Kier alpha value is -2.10. The van der Waals surface area contributed by atoms with E-state index in [0.29, 0.717) is 0 Å². The summed E-state index contributed by atoms with van der Waals surface area (Å²) >= 11 is -0.0326. The van der Waals surface area contributed by atoms with E-state index < -0.39 is 6.09 Å². The van der Waals surface area contributed by atoms with Gasteiger partial charge in [0.2, 0.25) is 0 Å². The van der Waals surface area contributed by atoms with E-state index in [1.54, 1.807) is 0 Å². The second kappa shape index (κ2) is 9.13. The molecule has 2 atom stereocenters. The summed E-state index contributed by atoms with van der Waals surface area (Å²) in [5, 5.41) is 2.74. The van der Waals surface area contributed by atoms with Crippen LogP contribution in [0.4, 0.5) is 4.79 Å². The molecule has 0 aliphatic carbocycles. The van der Waals surface area contributed by atoms with Crippen molar-refractivity contribution in [3.8, 4) is 0 Å². The van der Waals surface area contributed by atoms with Gasteiger partial charge in [-0.3, -0.25) is 0 Å². The van der Waals surface area contributed by atoms with E-state index >= 15 is 0 Å². The van der Waals surface area contributed by atoms with Crippen LogP contribution in [0, 0.1) is 0 Å². The van der Waals surface area contributed by atoms with Crippen molar-refractivity contribution in [3.05, 3.63) is 66.2 Å². The molecule has 0 aliphatic heterocycles. The number of nitrogens with one attached hydrogen (secondary N) is 1. The fourth-order valence-corrected chi connectivity index (χ4v) is 3.94. The zero-order valence-electron chi connectivity index (χ0n) is 12.8. The van der Waals surface area contributed by atoms with E-state index in [9.17, 15) is 9.59 Å². The molecule has 0 heterocycles. The van der Waals surface area contributed by atoms with Gasteiger partial charge in [-0.1, -0.05) is 0 Å². The normalized spacial score (nSPS) is 12.9. The molecular formula is C18H19NO3Se. The summed E-state index contributed by atoms with van der Waals surface area (Å²) in [5.41, 5.74) is 0.927. The zero-order chi connectivity index (χ0) is 16.5. The van der Waals surface area contributed by atoms with Crippen LogP contribution < -0.4 is 9.78 Å². The third kappa shape index (κ3) is 5.89. The van der Waals surface area contributed by atoms with Crippen LogP contribution >= 0.6 is 0 Å². The average molecular weight is 376 g/mol. The van der Waals surface area contributed by atoms with Crippen LogP contribution in [0.2, 0.25) is 4.82 Å². The molecule has 4 nitrogen and oxygen atoms in total. The Morgan fingerprint density at radius 2 is 1.74 bits per heavy atom. The van der Waals surface area contributed by atoms with Gasteiger partial charge in [-0.05, 0) is 0 Å². The molecule has 0 radical (unpaired) electrons. The van der Waals surface area contributed by atoms with E-state index in [0.717, 1.165) is 16.3 Å². The topological polar surface area (TPSA) is 55.4 Å². The van der Waals surface area contributed by atoms with Crippen molar-refractivity contribution >= 4 is 31.8 Å². The third-order valence-corrected chi connectivity index (χ3v) is 6.00. The van der Waals surface area contributed by atoms with Crippen LogP contribution in [0.3, 0.4) is 0 Å². The van der Waals surface area contributed by atoms with Gasteiger partial charge in [0.15, 0.2) is 0 Å². The number of carbonyl (C=O) groups excluding carboxylic acids is 2. The summed E-state index contributed by atoms with van der Waals surface area (Å²) in [6.45, 7) is 2.04. The van der Waals surface area contributed by atoms with Gasteiger partial charge in [0.05, 0.1) is 0 Å². The number of ether oxygens (including phenoxy) is 1. The molecule has 1 N–H and O–H groups in total. The van der Waals surface area contributed by atoms with E-state index in [2.05, 4.69) is 5.32 Å². The third-order valence-electron chi connectivity index (χ3n) is 3.20. The fourth-order valence-electron chi connectivity index (χ4n) is 1.94. The molecule has 0 bridgehead atoms. The minimum absolute atomic E-state index is 0.0326. The van der Waals surface area contributed by atoms with Crippen molar-refractivity contribution in [2.45, 2.75) is 24.4 Å². The predicted molar refractivity (Wildman–Crippen MR) is 90.9 cm³/mol. The second-order valence-corrected chi connectivity index (χ2v) is 7.65. The van der Waals surface area contributed by atoms with Crippen molar-refractivity contribution in [1.82, 2.24) is 5.32 Å². The first-order valence-electron chi connectivity index (χ1n) is 7.33. The second-order valence-electron chi connectivity index (χ2n) is 5.03. The van der Waals surface area contributed by atoms with Crippen molar-refractivity contribution in [1.29, 1.82) is 0 Å². The fraction of sp³-hybridized carbons (Fsp3) is 0.222. The quantitative estimate of drug-likeness (QED) is 0.596. The first-order chi connectivity index (χ1) is 11.2. The molecule has 2 aromatic carbocycles. The summed E-state index contributed by atoms with van der Waals surface area (Å²) in [7, 11) is 0. The number of alkyl carbamates (subject to hydrolysis) is 1. The van der Waals surface area contributed by atoms with Crippen molar-refractivity contribution < 1.29 is 14.3 Å². The number of carbonyl (C=O) groups is 2. The molecule has 0 spiro atoms. The van der Waals surface area contributed by atoms with E-state index in [1.807, 2.05) is 67.6 Å². The number of rotatable bonds is 7. The first kappa shape index (κ1) is 17.3. The van der Waals surface area contributed by atoms with Gasteiger partial charge in [0.1, 0.15) is 0 Å². The number of benzene rings is 2. The van der Waals surface area contributed by atoms with Crippen LogP contribution in [0.15, 0.2) is 60.7 Å². The monoisotopic (exact) mass is 377 g/mol. The SMILES string of the molecule is C[C@H](NC(=O)OCc1ccccc1)C(C=O)[Se]c1ccccc1. The molecule has 0 fully saturated rings. The van der Waals surface area contributed by atoms with E-state index in [4.69, 9.17) is 4.74 Å². The number of aldehydes is 1. The van der Waals surface area contributed by atoms with Crippen molar-refractivity contribution in [2.24, 2.45) is 0 Å². The summed E-state index contributed by atoms with van der Waals surface area (Å²) in [4.78, 5) is 23.0. The van der Waals surface area contributed by atoms with Crippen LogP contribution in [0.25, 0.3) is 0 Å². The number of hydrogen-bond acceptors (Lipinski definition) is 3. The molecule has 0 saturated carbocycles.